The van der Waals surface area contributed by atoms with Crippen LogP contribution in [0.5, 0.6) is 5.88 Å². The first-order chi connectivity index (χ1) is 5.81. The molecule has 0 atom stereocenters. The van der Waals surface area contributed by atoms with E-state index < -0.39 is 0 Å². The maximum Gasteiger partial charge on any atom is 0.239 e. The molecule has 0 N–H and O–H groups in total. The van der Waals surface area contributed by atoms with Gasteiger partial charge in [-0.25, -0.2) is 0 Å². The lowest BCUT2D eigenvalue weighted by Crippen LogP contribution is -2.04. The van der Waals surface area contributed by atoms with Crippen LogP contribution in [-0.4, -0.2) is 22.3 Å². The molecule has 0 amide bonds. The molecule has 1 aromatic heterocycles. The predicted molar refractivity (Wildman–Crippen MR) is 45.1 cm³/mol. The Bertz CT molecular complexity index is 262. The summed E-state index contributed by atoms with van der Waals surface area (Å²) in [5.41, 5.74) is 0.815. The molecule has 1 heterocycles. The minimum absolute atomic E-state index is 0.601. The quantitative estimate of drug-likeness (QED) is 0.674. The van der Waals surface area contributed by atoms with Gasteiger partial charge in [-0.05, 0) is 6.42 Å². The summed E-state index contributed by atoms with van der Waals surface area (Å²) < 4.78 is 5.07. The van der Waals surface area contributed by atoms with E-state index in [1.54, 1.807) is 7.11 Å². The Hall–Kier alpha value is -1.19. The van der Waals surface area contributed by atoms with Crippen molar-refractivity contribution in [2.75, 3.05) is 7.11 Å². The average Bonchev–Trinajstić information content (AvgIpc) is 2.16. The second kappa shape index (κ2) is 3.99. The van der Waals surface area contributed by atoms with Gasteiger partial charge in [0.2, 0.25) is 5.88 Å². The first-order valence-electron chi connectivity index (χ1n) is 4.08. The van der Waals surface area contributed by atoms with E-state index in [0.717, 1.165) is 24.4 Å². The van der Waals surface area contributed by atoms with Crippen molar-refractivity contribution in [2.24, 2.45) is 0 Å². The lowest BCUT2D eigenvalue weighted by Gasteiger charge is -2.03. The van der Waals surface area contributed by atoms with Crippen molar-refractivity contribution in [1.82, 2.24) is 15.2 Å². The Kier molecular flexibility index (Phi) is 2.96. The first kappa shape index (κ1) is 8.90. The Morgan fingerprint density at radius 3 is 2.42 bits per heavy atom. The van der Waals surface area contributed by atoms with Gasteiger partial charge in [0.25, 0.3) is 0 Å². The number of methoxy groups -OCH3 is 1. The van der Waals surface area contributed by atoms with E-state index in [4.69, 9.17) is 4.74 Å². The Labute approximate surface area is 72.0 Å². The number of nitrogens with zero attached hydrogens (tertiary/aromatic N) is 3. The van der Waals surface area contributed by atoms with Crippen molar-refractivity contribution in [2.45, 2.75) is 26.7 Å². The van der Waals surface area contributed by atoms with E-state index in [0.29, 0.717) is 5.88 Å². The van der Waals surface area contributed by atoms with Crippen LogP contribution in [0.4, 0.5) is 0 Å². The monoisotopic (exact) mass is 167 g/mol. The van der Waals surface area contributed by atoms with Gasteiger partial charge in [-0.15, -0.1) is 10.2 Å². The van der Waals surface area contributed by atoms with E-state index >= 15 is 0 Å². The summed E-state index contributed by atoms with van der Waals surface area (Å²) in [5.74, 6) is 1.33. The zero-order valence-electron chi connectivity index (χ0n) is 7.66. The predicted octanol–water partition coefficient (Wildman–Crippen LogP) is 1.00. The van der Waals surface area contributed by atoms with E-state index in [1.165, 1.54) is 0 Å². The SMILES string of the molecule is CCc1nnc(CC)c(OC)n1. The topological polar surface area (TPSA) is 47.9 Å². The fourth-order valence-electron chi connectivity index (χ4n) is 0.900. The molecule has 0 radical (unpaired) electrons. The summed E-state index contributed by atoms with van der Waals surface area (Å²) in [7, 11) is 1.60. The molecule has 1 aromatic rings. The molecule has 0 saturated carbocycles. The molecular weight excluding hydrogens is 154 g/mol. The zero-order chi connectivity index (χ0) is 8.97. The minimum Gasteiger partial charge on any atom is -0.480 e. The molecule has 0 aliphatic carbocycles. The zero-order valence-corrected chi connectivity index (χ0v) is 7.66. The summed E-state index contributed by atoms with van der Waals surface area (Å²) in [6.45, 7) is 3.99. The van der Waals surface area contributed by atoms with Gasteiger partial charge in [0, 0.05) is 6.42 Å². The van der Waals surface area contributed by atoms with Crippen LogP contribution in [0.15, 0.2) is 0 Å². The molecule has 0 aliphatic rings. The summed E-state index contributed by atoms with van der Waals surface area (Å²) in [6.07, 6.45) is 1.58. The van der Waals surface area contributed by atoms with Crippen LogP contribution in [-0.2, 0) is 12.8 Å². The fourth-order valence-corrected chi connectivity index (χ4v) is 0.900. The van der Waals surface area contributed by atoms with E-state index in [1.807, 2.05) is 13.8 Å². The first-order valence-corrected chi connectivity index (χ1v) is 4.08. The van der Waals surface area contributed by atoms with Crippen LogP contribution in [0.3, 0.4) is 0 Å². The van der Waals surface area contributed by atoms with Crippen molar-refractivity contribution >= 4 is 0 Å². The van der Waals surface area contributed by atoms with Crippen LogP contribution in [0.25, 0.3) is 0 Å². The van der Waals surface area contributed by atoms with Crippen LogP contribution in [0, 0.1) is 0 Å². The third-order valence-corrected chi connectivity index (χ3v) is 1.61. The summed E-state index contributed by atoms with van der Waals surface area (Å²) in [6, 6.07) is 0. The van der Waals surface area contributed by atoms with Crippen LogP contribution in [0.2, 0.25) is 0 Å². The number of aryl methyl sites for hydroxylation is 2. The third-order valence-electron chi connectivity index (χ3n) is 1.61. The second-order valence-corrected chi connectivity index (χ2v) is 2.39. The van der Waals surface area contributed by atoms with Crippen LogP contribution < -0.4 is 4.74 Å². The summed E-state index contributed by atoms with van der Waals surface area (Å²) >= 11 is 0. The van der Waals surface area contributed by atoms with Gasteiger partial charge in [0.15, 0.2) is 5.82 Å². The van der Waals surface area contributed by atoms with E-state index in [2.05, 4.69) is 15.2 Å². The molecule has 0 spiro atoms. The van der Waals surface area contributed by atoms with Crippen molar-refractivity contribution in [3.05, 3.63) is 11.5 Å². The molecule has 0 unspecified atom stereocenters. The smallest absolute Gasteiger partial charge is 0.239 e. The number of ether oxygens (including phenoxy) is 1. The molecule has 0 aliphatic heterocycles. The molecule has 0 saturated heterocycles. The van der Waals surface area contributed by atoms with Gasteiger partial charge in [0.1, 0.15) is 5.69 Å². The van der Waals surface area contributed by atoms with Gasteiger partial charge in [-0.1, -0.05) is 13.8 Å². The van der Waals surface area contributed by atoms with Crippen molar-refractivity contribution in [3.63, 3.8) is 0 Å². The second-order valence-electron chi connectivity index (χ2n) is 2.39. The van der Waals surface area contributed by atoms with Gasteiger partial charge < -0.3 is 4.74 Å². The molecule has 4 heteroatoms. The highest BCUT2D eigenvalue weighted by molar-refractivity contribution is 5.16. The van der Waals surface area contributed by atoms with Gasteiger partial charge >= 0.3 is 0 Å². The molecule has 1 rings (SSSR count). The number of rotatable bonds is 3. The van der Waals surface area contributed by atoms with Gasteiger partial charge in [-0.3, -0.25) is 0 Å². The van der Waals surface area contributed by atoms with Crippen LogP contribution >= 0.6 is 0 Å². The van der Waals surface area contributed by atoms with Crippen molar-refractivity contribution in [3.8, 4) is 5.88 Å². The molecule has 0 aromatic carbocycles. The Morgan fingerprint density at radius 2 is 1.92 bits per heavy atom. The number of hydrogen-bond acceptors (Lipinski definition) is 4. The molecular formula is C8H13N3O. The lowest BCUT2D eigenvalue weighted by molar-refractivity contribution is 0.384. The Morgan fingerprint density at radius 1 is 1.17 bits per heavy atom. The van der Waals surface area contributed by atoms with Gasteiger partial charge in [-0.2, -0.15) is 4.98 Å². The lowest BCUT2D eigenvalue weighted by atomic mass is 10.3. The third kappa shape index (κ3) is 1.69. The minimum atomic E-state index is 0.601. The fraction of sp³-hybridized carbons (Fsp3) is 0.625. The van der Waals surface area contributed by atoms with Gasteiger partial charge in [0.05, 0.1) is 7.11 Å². The molecule has 66 valence electrons. The molecule has 0 fully saturated rings. The highest BCUT2D eigenvalue weighted by atomic mass is 16.5. The summed E-state index contributed by atoms with van der Waals surface area (Å²) in [5, 5.41) is 7.94. The highest BCUT2D eigenvalue weighted by Gasteiger charge is 2.05. The van der Waals surface area contributed by atoms with Crippen molar-refractivity contribution < 1.29 is 4.74 Å². The highest BCUT2D eigenvalue weighted by Crippen LogP contribution is 2.11. The van der Waals surface area contributed by atoms with Crippen LogP contribution in [0.1, 0.15) is 25.4 Å². The normalized spacial score (nSPS) is 9.92. The molecule has 12 heavy (non-hydrogen) atoms. The van der Waals surface area contributed by atoms with E-state index in [9.17, 15) is 0 Å². The standard InChI is InChI=1S/C8H13N3O/c1-4-6-8(12-3)9-7(5-2)11-10-6/h4-5H2,1-3H3. The summed E-state index contributed by atoms with van der Waals surface area (Å²) in [4.78, 5) is 4.18. The number of hydrogen-bond donors (Lipinski definition) is 0. The largest absolute Gasteiger partial charge is 0.480 e. The average molecular weight is 167 g/mol. The molecule has 4 nitrogen and oxygen atoms in total. The Balaban J connectivity index is 3.02. The number of aromatic nitrogens is 3. The maximum atomic E-state index is 5.07. The van der Waals surface area contributed by atoms with Crippen molar-refractivity contribution in [1.29, 1.82) is 0 Å². The maximum absolute atomic E-state index is 5.07. The molecule has 0 bridgehead atoms. The van der Waals surface area contributed by atoms with E-state index in [-0.39, 0.29) is 0 Å².